The summed E-state index contributed by atoms with van der Waals surface area (Å²) in [6.45, 7) is 7.56. The molecular formula is C22H30N2O4. The molecule has 6 nitrogen and oxygen atoms in total. The maximum absolute atomic E-state index is 12.9. The van der Waals surface area contributed by atoms with Gasteiger partial charge in [-0.25, -0.2) is 0 Å². The SMILES string of the molecule is CCOC(=O)[C@]1(C[C@@H]2CC(c3ccccc3C)=NO2)CCCN(CC(C)=O)C1. The van der Waals surface area contributed by atoms with Crippen molar-refractivity contribution in [3.05, 3.63) is 35.4 Å². The third kappa shape index (κ3) is 4.61. The zero-order chi connectivity index (χ0) is 20.1. The van der Waals surface area contributed by atoms with Gasteiger partial charge in [0.2, 0.25) is 0 Å². The molecule has 1 saturated heterocycles. The van der Waals surface area contributed by atoms with Gasteiger partial charge in [-0.2, -0.15) is 0 Å². The molecule has 2 aliphatic rings. The van der Waals surface area contributed by atoms with Crippen molar-refractivity contribution in [3.8, 4) is 0 Å². The highest BCUT2D eigenvalue weighted by Crippen LogP contribution is 2.39. The van der Waals surface area contributed by atoms with Crippen LogP contribution in [0.25, 0.3) is 0 Å². The minimum absolute atomic E-state index is 0.113. The Hall–Kier alpha value is -2.21. The van der Waals surface area contributed by atoms with E-state index in [0.29, 0.717) is 32.5 Å². The van der Waals surface area contributed by atoms with Crippen LogP contribution < -0.4 is 0 Å². The van der Waals surface area contributed by atoms with Crippen molar-refractivity contribution >= 4 is 17.5 Å². The topological polar surface area (TPSA) is 68.2 Å². The average Bonchev–Trinajstić information content (AvgIpc) is 3.10. The minimum atomic E-state index is -0.648. The van der Waals surface area contributed by atoms with E-state index < -0.39 is 5.41 Å². The molecule has 2 heterocycles. The number of hydrogen-bond acceptors (Lipinski definition) is 6. The Labute approximate surface area is 166 Å². The molecule has 1 aromatic rings. The molecule has 0 bridgehead atoms. The highest BCUT2D eigenvalue weighted by Gasteiger charge is 2.46. The molecule has 0 amide bonds. The molecule has 28 heavy (non-hydrogen) atoms. The van der Waals surface area contributed by atoms with E-state index in [4.69, 9.17) is 9.57 Å². The fraction of sp³-hybridized carbons (Fsp3) is 0.591. The van der Waals surface area contributed by atoms with Crippen LogP contribution in [0, 0.1) is 12.3 Å². The van der Waals surface area contributed by atoms with E-state index in [-0.39, 0.29) is 17.9 Å². The number of nitrogens with zero attached hydrogens (tertiary/aromatic N) is 2. The van der Waals surface area contributed by atoms with Crippen molar-refractivity contribution in [3.63, 3.8) is 0 Å². The van der Waals surface area contributed by atoms with Gasteiger partial charge in [0.15, 0.2) is 0 Å². The molecule has 0 aliphatic carbocycles. The van der Waals surface area contributed by atoms with Crippen LogP contribution >= 0.6 is 0 Å². The van der Waals surface area contributed by atoms with Crippen LogP contribution in [0.2, 0.25) is 0 Å². The molecule has 0 N–H and O–H groups in total. The van der Waals surface area contributed by atoms with Crippen molar-refractivity contribution in [2.75, 3.05) is 26.2 Å². The van der Waals surface area contributed by atoms with E-state index in [1.54, 1.807) is 6.92 Å². The summed E-state index contributed by atoms with van der Waals surface area (Å²) in [4.78, 5) is 32.3. The summed E-state index contributed by atoms with van der Waals surface area (Å²) in [5.41, 5.74) is 2.54. The van der Waals surface area contributed by atoms with Gasteiger partial charge >= 0.3 is 5.97 Å². The van der Waals surface area contributed by atoms with Crippen LogP contribution in [0.3, 0.4) is 0 Å². The maximum atomic E-state index is 12.9. The van der Waals surface area contributed by atoms with E-state index in [0.717, 1.165) is 36.2 Å². The van der Waals surface area contributed by atoms with Crippen LogP contribution in [0.1, 0.15) is 50.7 Å². The second-order valence-corrected chi connectivity index (χ2v) is 8.01. The maximum Gasteiger partial charge on any atom is 0.313 e. The number of esters is 1. The molecule has 1 aromatic carbocycles. The quantitative estimate of drug-likeness (QED) is 0.674. The molecule has 3 rings (SSSR count). The van der Waals surface area contributed by atoms with E-state index in [1.165, 1.54) is 0 Å². The highest BCUT2D eigenvalue weighted by molar-refractivity contribution is 6.02. The number of benzene rings is 1. The van der Waals surface area contributed by atoms with Crippen LogP contribution in [-0.2, 0) is 19.2 Å². The van der Waals surface area contributed by atoms with E-state index in [1.807, 2.05) is 19.1 Å². The first kappa shape index (κ1) is 20.5. The Morgan fingerprint density at radius 1 is 1.36 bits per heavy atom. The Bertz CT molecular complexity index is 761. The van der Waals surface area contributed by atoms with Crippen LogP contribution in [0.15, 0.2) is 29.4 Å². The lowest BCUT2D eigenvalue weighted by Gasteiger charge is -2.41. The summed E-state index contributed by atoms with van der Waals surface area (Å²) < 4.78 is 5.44. The number of aryl methyl sites for hydroxylation is 1. The van der Waals surface area contributed by atoms with Crippen LogP contribution in [0.4, 0.5) is 0 Å². The number of Topliss-reactive ketones (excluding diaryl/α,β-unsaturated/α-hetero) is 1. The number of likely N-dealkylation sites (tertiary alicyclic amines) is 1. The number of ketones is 1. The smallest absolute Gasteiger partial charge is 0.313 e. The monoisotopic (exact) mass is 386 g/mol. The van der Waals surface area contributed by atoms with E-state index >= 15 is 0 Å². The van der Waals surface area contributed by atoms with Gasteiger partial charge in [-0.05, 0) is 45.7 Å². The standard InChI is InChI=1S/C22H30N2O4/c1-4-27-21(26)22(10-7-11-24(15-22)14-17(3)25)13-18-12-20(23-28-18)19-9-6-5-8-16(19)2/h5-6,8-9,18H,4,7,10-15H2,1-3H3/t18-,22-/m0/s1. The van der Waals surface area contributed by atoms with Gasteiger partial charge in [-0.1, -0.05) is 29.4 Å². The zero-order valence-corrected chi connectivity index (χ0v) is 17.1. The lowest BCUT2D eigenvalue weighted by molar-refractivity contribution is -0.162. The summed E-state index contributed by atoms with van der Waals surface area (Å²) in [6.07, 6.45) is 2.69. The van der Waals surface area contributed by atoms with Gasteiger partial charge < -0.3 is 9.57 Å². The number of carbonyl (C=O) groups is 2. The highest BCUT2D eigenvalue weighted by atomic mass is 16.6. The van der Waals surface area contributed by atoms with Gasteiger partial charge in [-0.3, -0.25) is 14.5 Å². The number of piperidine rings is 1. The van der Waals surface area contributed by atoms with Gasteiger partial charge in [-0.15, -0.1) is 0 Å². The normalized spacial score (nSPS) is 25.1. The molecule has 152 valence electrons. The zero-order valence-electron chi connectivity index (χ0n) is 17.1. The predicted octanol–water partition coefficient (Wildman–Crippen LogP) is 3.11. The summed E-state index contributed by atoms with van der Waals surface area (Å²) in [5.74, 6) is -0.0712. The predicted molar refractivity (Wildman–Crippen MR) is 107 cm³/mol. The third-order valence-electron chi connectivity index (χ3n) is 5.62. The second kappa shape index (κ2) is 8.86. The Kier molecular flexibility index (Phi) is 6.50. The largest absolute Gasteiger partial charge is 0.466 e. The van der Waals surface area contributed by atoms with Gasteiger partial charge in [0.1, 0.15) is 11.9 Å². The second-order valence-electron chi connectivity index (χ2n) is 8.01. The lowest BCUT2D eigenvalue weighted by Crippen LogP contribution is -2.51. The Morgan fingerprint density at radius 2 is 2.14 bits per heavy atom. The molecule has 6 heteroatoms. The van der Waals surface area contributed by atoms with Gasteiger partial charge in [0.25, 0.3) is 0 Å². The number of carbonyl (C=O) groups excluding carboxylic acids is 2. The van der Waals surface area contributed by atoms with Gasteiger partial charge in [0.05, 0.1) is 24.3 Å². The molecule has 0 spiro atoms. The van der Waals surface area contributed by atoms with Crippen LogP contribution in [0.5, 0.6) is 0 Å². The van der Waals surface area contributed by atoms with E-state index in [9.17, 15) is 9.59 Å². The molecule has 0 radical (unpaired) electrons. The summed E-state index contributed by atoms with van der Waals surface area (Å²) in [7, 11) is 0. The van der Waals surface area contributed by atoms with Crippen LogP contribution in [-0.4, -0.2) is 54.7 Å². The Morgan fingerprint density at radius 3 is 2.86 bits per heavy atom. The molecule has 0 saturated carbocycles. The first-order valence-electron chi connectivity index (χ1n) is 10.1. The number of oxime groups is 1. The van der Waals surface area contributed by atoms with Crippen molar-refractivity contribution in [2.45, 2.75) is 52.6 Å². The third-order valence-corrected chi connectivity index (χ3v) is 5.62. The number of hydrogen-bond donors (Lipinski definition) is 0. The lowest BCUT2D eigenvalue weighted by atomic mass is 9.74. The molecule has 1 fully saturated rings. The number of ether oxygens (including phenoxy) is 1. The molecule has 0 unspecified atom stereocenters. The number of rotatable bonds is 7. The first-order chi connectivity index (χ1) is 13.4. The van der Waals surface area contributed by atoms with Crippen molar-refractivity contribution in [2.24, 2.45) is 10.6 Å². The molecular weight excluding hydrogens is 356 g/mol. The summed E-state index contributed by atoms with van der Waals surface area (Å²) in [5, 5.41) is 4.31. The molecule has 0 aromatic heterocycles. The average molecular weight is 386 g/mol. The van der Waals surface area contributed by atoms with Crippen molar-refractivity contribution in [1.29, 1.82) is 0 Å². The summed E-state index contributed by atoms with van der Waals surface area (Å²) >= 11 is 0. The van der Waals surface area contributed by atoms with Gasteiger partial charge in [0, 0.05) is 24.9 Å². The molecule has 2 aliphatic heterocycles. The van der Waals surface area contributed by atoms with Crippen molar-refractivity contribution < 1.29 is 19.2 Å². The minimum Gasteiger partial charge on any atom is -0.466 e. The summed E-state index contributed by atoms with van der Waals surface area (Å²) in [6, 6.07) is 8.12. The Balaban J connectivity index is 1.73. The fourth-order valence-corrected chi connectivity index (χ4v) is 4.41. The van der Waals surface area contributed by atoms with E-state index in [2.05, 4.69) is 29.1 Å². The fourth-order valence-electron chi connectivity index (χ4n) is 4.41. The molecule has 2 atom stereocenters. The first-order valence-corrected chi connectivity index (χ1v) is 10.1. The van der Waals surface area contributed by atoms with Crippen molar-refractivity contribution in [1.82, 2.24) is 4.90 Å².